The van der Waals surface area contributed by atoms with Crippen LogP contribution in [0.5, 0.6) is 5.75 Å². The number of hydrogen-bond acceptors (Lipinski definition) is 2. The van der Waals surface area contributed by atoms with E-state index in [0.717, 1.165) is 35.4 Å². The fraction of sp³-hybridized carbons (Fsp3) is 0.500. The molecule has 0 amide bonds. The zero-order chi connectivity index (χ0) is 11.4. The molecule has 0 bridgehead atoms. The lowest BCUT2D eigenvalue weighted by molar-refractivity contribution is 0.0496. The fourth-order valence-electron chi connectivity index (χ4n) is 1.71. The van der Waals surface area contributed by atoms with Crippen molar-refractivity contribution in [1.29, 1.82) is 0 Å². The van der Waals surface area contributed by atoms with Crippen LogP contribution in [0.15, 0.2) is 18.2 Å². The van der Waals surface area contributed by atoms with Crippen molar-refractivity contribution < 1.29 is 13.9 Å². The van der Waals surface area contributed by atoms with E-state index in [1.54, 1.807) is 6.07 Å². The molecule has 0 saturated carbocycles. The van der Waals surface area contributed by atoms with Crippen molar-refractivity contribution in [3.05, 3.63) is 27.6 Å². The summed E-state index contributed by atoms with van der Waals surface area (Å²) in [5.74, 6) is 1.12. The SMILES string of the molecule is Fc1ccc(OCC2CCOCC2)c(I)c1. The molecule has 0 unspecified atom stereocenters. The molecule has 0 spiro atoms. The fourth-order valence-corrected chi connectivity index (χ4v) is 2.35. The average Bonchev–Trinajstić information content (AvgIpc) is 2.29. The van der Waals surface area contributed by atoms with E-state index in [-0.39, 0.29) is 5.82 Å². The Balaban J connectivity index is 1.88. The van der Waals surface area contributed by atoms with Gasteiger partial charge in [0.25, 0.3) is 0 Å². The van der Waals surface area contributed by atoms with E-state index in [1.807, 2.05) is 0 Å². The summed E-state index contributed by atoms with van der Waals surface area (Å²) in [6, 6.07) is 4.61. The normalized spacial score (nSPS) is 17.4. The Morgan fingerprint density at radius 3 is 2.81 bits per heavy atom. The molecule has 1 heterocycles. The monoisotopic (exact) mass is 336 g/mol. The van der Waals surface area contributed by atoms with Gasteiger partial charge >= 0.3 is 0 Å². The van der Waals surface area contributed by atoms with Crippen molar-refractivity contribution >= 4 is 22.6 Å². The van der Waals surface area contributed by atoms with Gasteiger partial charge in [-0.2, -0.15) is 0 Å². The molecule has 16 heavy (non-hydrogen) atoms. The van der Waals surface area contributed by atoms with E-state index in [2.05, 4.69) is 22.6 Å². The smallest absolute Gasteiger partial charge is 0.132 e. The largest absolute Gasteiger partial charge is 0.492 e. The highest BCUT2D eigenvalue weighted by atomic mass is 127. The molecular formula is C12H14FIO2. The van der Waals surface area contributed by atoms with Gasteiger partial charge in [-0.15, -0.1) is 0 Å². The lowest BCUT2D eigenvalue weighted by Gasteiger charge is -2.22. The zero-order valence-electron chi connectivity index (χ0n) is 8.92. The Kier molecular flexibility index (Phi) is 4.40. The van der Waals surface area contributed by atoms with Crippen LogP contribution in [0, 0.1) is 15.3 Å². The first kappa shape index (κ1) is 12.1. The second-order valence-electron chi connectivity index (χ2n) is 3.94. The van der Waals surface area contributed by atoms with Gasteiger partial charge in [-0.25, -0.2) is 4.39 Å². The van der Waals surface area contributed by atoms with E-state index < -0.39 is 0 Å². The van der Waals surface area contributed by atoms with Crippen molar-refractivity contribution in [2.75, 3.05) is 19.8 Å². The zero-order valence-corrected chi connectivity index (χ0v) is 11.1. The summed E-state index contributed by atoms with van der Waals surface area (Å²) in [7, 11) is 0. The van der Waals surface area contributed by atoms with Gasteiger partial charge in [0.1, 0.15) is 11.6 Å². The second kappa shape index (κ2) is 5.82. The summed E-state index contributed by atoms with van der Waals surface area (Å²) in [6.07, 6.45) is 2.11. The van der Waals surface area contributed by atoms with Crippen LogP contribution in [-0.4, -0.2) is 19.8 Å². The molecule has 2 nitrogen and oxygen atoms in total. The maximum absolute atomic E-state index is 12.9. The van der Waals surface area contributed by atoms with Gasteiger partial charge in [-0.05, 0) is 59.5 Å². The van der Waals surface area contributed by atoms with Crippen LogP contribution in [-0.2, 0) is 4.74 Å². The number of ether oxygens (including phenoxy) is 2. The van der Waals surface area contributed by atoms with Crippen molar-refractivity contribution in [2.45, 2.75) is 12.8 Å². The molecule has 1 aromatic rings. The lowest BCUT2D eigenvalue weighted by Crippen LogP contribution is -2.21. The van der Waals surface area contributed by atoms with E-state index >= 15 is 0 Å². The summed E-state index contributed by atoms with van der Waals surface area (Å²) < 4.78 is 24.7. The molecule has 88 valence electrons. The Labute approximate surface area is 108 Å². The van der Waals surface area contributed by atoms with Crippen LogP contribution in [0.3, 0.4) is 0 Å². The van der Waals surface area contributed by atoms with Crippen LogP contribution in [0.25, 0.3) is 0 Å². The molecular weight excluding hydrogens is 322 g/mol. The minimum absolute atomic E-state index is 0.220. The van der Waals surface area contributed by atoms with Crippen molar-refractivity contribution in [1.82, 2.24) is 0 Å². The minimum Gasteiger partial charge on any atom is -0.492 e. The van der Waals surface area contributed by atoms with Crippen LogP contribution in [0.4, 0.5) is 4.39 Å². The highest BCUT2D eigenvalue weighted by molar-refractivity contribution is 14.1. The number of halogens is 2. The van der Waals surface area contributed by atoms with Crippen molar-refractivity contribution in [3.8, 4) is 5.75 Å². The van der Waals surface area contributed by atoms with Gasteiger partial charge in [-0.3, -0.25) is 0 Å². The third-order valence-corrected chi connectivity index (χ3v) is 3.55. The summed E-state index contributed by atoms with van der Waals surface area (Å²) in [6.45, 7) is 2.36. The molecule has 4 heteroatoms. The molecule has 0 radical (unpaired) electrons. The van der Waals surface area contributed by atoms with Gasteiger partial charge in [0.15, 0.2) is 0 Å². The second-order valence-corrected chi connectivity index (χ2v) is 5.10. The molecule has 1 aliphatic heterocycles. The van der Waals surface area contributed by atoms with Crippen LogP contribution in [0.1, 0.15) is 12.8 Å². The summed E-state index contributed by atoms with van der Waals surface area (Å²) in [5.41, 5.74) is 0. The third kappa shape index (κ3) is 3.31. The predicted octanol–water partition coefficient (Wildman–Crippen LogP) is 3.24. The molecule has 1 aromatic carbocycles. The van der Waals surface area contributed by atoms with Crippen molar-refractivity contribution in [2.24, 2.45) is 5.92 Å². The average molecular weight is 336 g/mol. The summed E-state index contributed by atoms with van der Waals surface area (Å²) in [5, 5.41) is 0. The molecule has 0 aliphatic carbocycles. The molecule has 0 atom stereocenters. The first-order valence-electron chi connectivity index (χ1n) is 5.41. The van der Waals surface area contributed by atoms with Gasteiger partial charge in [0.2, 0.25) is 0 Å². The van der Waals surface area contributed by atoms with E-state index in [0.29, 0.717) is 12.5 Å². The van der Waals surface area contributed by atoms with Gasteiger partial charge < -0.3 is 9.47 Å². The third-order valence-electron chi connectivity index (χ3n) is 2.71. The van der Waals surface area contributed by atoms with Gasteiger partial charge in [0.05, 0.1) is 10.2 Å². The Bertz CT molecular complexity index is 351. The van der Waals surface area contributed by atoms with E-state index in [1.165, 1.54) is 12.1 Å². The van der Waals surface area contributed by atoms with Crippen molar-refractivity contribution in [3.63, 3.8) is 0 Å². The predicted molar refractivity (Wildman–Crippen MR) is 68.2 cm³/mol. The van der Waals surface area contributed by atoms with Crippen LogP contribution < -0.4 is 4.74 Å². The molecule has 0 N–H and O–H groups in total. The standard InChI is InChI=1S/C12H14FIO2/c13-10-1-2-12(11(14)7-10)16-8-9-3-5-15-6-4-9/h1-2,7,9H,3-6,8H2. The first-order chi connectivity index (χ1) is 7.75. The van der Waals surface area contributed by atoms with Crippen LogP contribution in [0.2, 0.25) is 0 Å². The topological polar surface area (TPSA) is 18.5 Å². The van der Waals surface area contributed by atoms with E-state index in [9.17, 15) is 4.39 Å². The molecule has 2 rings (SSSR count). The maximum Gasteiger partial charge on any atom is 0.132 e. The Morgan fingerprint density at radius 2 is 2.12 bits per heavy atom. The minimum atomic E-state index is -0.220. The number of hydrogen-bond donors (Lipinski definition) is 0. The lowest BCUT2D eigenvalue weighted by atomic mass is 10.0. The molecule has 1 saturated heterocycles. The Morgan fingerprint density at radius 1 is 1.38 bits per heavy atom. The number of benzene rings is 1. The number of rotatable bonds is 3. The highest BCUT2D eigenvalue weighted by Gasteiger charge is 2.15. The molecule has 1 aliphatic rings. The maximum atomic E-state index is 12.9. The molecule has 0 aromatic heterocycles. The quantitative estimate of drug-likeness (QED) is 0.789. The van der Waals surface area contributed by atoms with Gasteiger partial charge in [0, 0.05) is 13.2 Å². The van der Waals surface area contributed by atoms with E-state index in [4.69, 9.17) is 9.47 Å². The molecule has 1 fully saturated rings. The van der Waals surface area contributed by atoms with Crippen LogP contribution >= 0.6 is 22.6 Å². The summed E-state index contributed by atoms with van der Waals surface area (Å²) in [4.78, 5) is 0. The summed E-state index contributed by atoms with van der Waals surface area (Å²) >= 11 is 2.09. The Hall–Kier alpha value is -0.360. The first-order valence-corrected chi connectivity index (χ1v) is 6.49. The highest BCUT2D eigenvalue weighted by Crippen LogP contribution is 2.23. The van der Waals surface area contributed by atoms with Gasteiger partial charge in [-0.1, -0.05) is 0 Å².